The van der Waals surface area contributed by atoms with Gasteiger partial charge in [-0.25, -0.2) is 14.1 Å². The lowest BCUT2D eigenvalue weighted by molar-refractivity contribution is 0.374. The van der Waals surface area contributed by atoms with E-state index in [1.54, 1.807) is 31.0 Å². The Morgan fingerprint density at radius 3 is 2.38 bits per heavy atom. The maximum absolute atomic E-state index is 13.4. The first kappa shape index (κ1) is 21.3. The van der Waals surface area contributed by atoms with E-state index in [1.807, 2.05) is 50.2 Å². The Morgan fingerprint density at radius 1 is 1.00 bits per heavy atom. The molecule has 0 saturated carbocycles. The smallest absolute Gasteiger partial charge is 0.322 e. The molecular weight excluding hydrogens is 409 g/mol. The van der Waals surface area contributed by atoms with Gasteiger partial charge in [0.05, 0.1) is 13.2 Å². The SMILES string of the molecule is COc1ccc(-c2ccc(Nc3nc(Oc4ccc(F)cc4C)n(C(C)C)n3)cc2)cn1. The molecule has 32 heavy (non-hydrogen) atoms. The maximum atomic E-state index is 13.4. The molecule has 0 unspecified atom stereocenters. The van der Waals surface area contributed by atoms with Crippen molar-refractivity contribution in [2.45, 2.75) is 26.8 Å². The topological polar surface area (TPSA) is 74.1 Å². The van der Waals surface area contributed by atoms with Crippen LogP contribution < -0.4 is 14.8 Å². The normalized spacial score (nSPS) is 10.9. The van der Waals surface area contributed by atoms with E-state index in [1.165, 1.54) is 12.1 Å². The van der Waals surface area contributed by atoms with Gasteiger partial charge in [0.2, 0.25) is 11.8 Å². The summed E-state index contributed by atoms with van der Waals surface area (Å²) in [5.74, 6) is 1.21. The Hall–Kier alpha value is -3.94. The van der Waals surface area contributed by atoms with Crippen LogP contribution in [0.15, 0.2) is 60.8 Å². The molecule has 0 atom stereocenters. The lowest BCUT2D eigenvalue weighted by Crippen LogP contribution is -2.06. The van der Waals surface area contributed by atoms with Gasteiger partial charge in [0.15, 0.2) is 0 Å². The number of aryl methyl sites for hydroxylation is 1. The van der Waals surface area contributed by atoms with Crippen LogP contribution in [0.1, 0.15) is 25.5 Å². The number of hydrogen-bond donors (Lipinski definition) is 1. The third-order valence-electron chi connectivity index (χ3n) is 4.85. The van der Waals surface area contributed by atoms with E-state index in [0.29, 0.717) is 29.2 Å². The number of hydrogen-bond acceptors (Lipinski definition) is 6. The van der Waals surface area contributed by atoms with Gasteiger partial charge in [-0.15, -0.1) is 5.10 Å². The molecule has 2 heterocycles. The standard InChI is InChI=1S/C24H24FN5O2/c1-15(2)30-24(32-21-11-8-19(25)13-16(21)3)28-23(29-30)27-20-9-5-17(6-10-20)18-7-12-22(31-4)26-14-18/h5-15H,1-4H3,(H,27,29). The summed E-state index contributed by atoms with van der Waals surface area (Å²) in [7, 11) is 1.59. The van der Waals surface area contributed by atoms with Gasteiger partial charge in [-0.05, 0) is 68.3 Å². The predicted octanol–water partition coefficient (Wildman–Crippen LogP) is 5.91. The van der Waals surface area contributed by atoms with Crippen molar-refractivity contribution < 1.29 is 13.9 Å². The molecule has 0 saturated heterocycles. The van der Waals surface area contributed by atoms with Gasteiger partial charge in [-0.3, -0.25) is 0 Å². The highest BCUT2D eigenvalue weighted by Gasteiger charge is 2.16. The molecule has 2 aromatic heterocycles. The zero-order chi connectivity index (χ0) is 22.7. The lowest BCUT2D eigenvalue weighted by Gasteiger charge is -2.11. The number of methoxy groups -OCH3 is 1. The molecule has 7 nitrogen and oxygen atoms in total. The summed E-state index contributed by atoms with van der Waals surface area (Å²) in [5, 5.41) is 7.73. The minimum absolute atomic E-state index is 0.0266. The van der Waals surface area contributed by atoms with Gasteiger partial charge in [0, 0.05) is 23.5 Å². The number of ether oxygens (including phenoxy) is 2. The van der Waals surface area contributed by atoms with Crippen LogP contribution in [0.2, 0.25) is 0 Å². The molecule has 0 bridgehead atoms. The van der Waals surface area contributed by atoms with E-state index in [-0.39, 0.29) is 11.9 Å². The van der Waals surface area contributed by atoms with Crippen molar-refractivity contribution in [1.82, 2.24) is 19.7 Å². The molecule has 4 aromatic rings. The first-order valence-electron chi connectivity index (χ1n) is 10.2. The molecule has 0 fully saturated rings. The minimum atomic E-state index is -0.309. The molecule has 1 N–H and O–H groups in total. The van der Waals surface area contributed by atoms with Crippen LogP contribution in [0, 0.1) is 12.7 Å². The Bertz CT molecular complexity index is 1200. The minimum Gasteiger partial charge on any atom is -0.481 e. The second-order valence-corrected chi connectivity index (χ2v) is 7.56. The Balaban J connectivity index is 1.53. The van der Waals surface area contributed by atoms with Gasteiger partial charge in [-0.2, -0.15) is 4.98 Å². The summed E-state index contributed by atoms with van der Waals surface area (Å²) in [5.41, 5.74) is 3.54. The quantitative estimate of drug-likeness (QED) is 0.390. The van der Waals surface area contributed by atoms with E-state index in [4.69, 9.17) is 9.47 Å². The van der Waals surface area contributed by atoms with Crippen molar-refractivity contribution in [1.29, 1.82) is 0 Å². The average molecular weight is 433 g/mol. The molecule has 164 valence electrons. The molecule has 0 aliphatic heterocycles. The number of pyridine rings is 1. The number of anilines is 2. The zero-order valence-corrected chi connectivity index (χ0v) is 18.3. The van der Waals surface area contributed by atoms with Crippen molar-refractivity contribution >= 4 is 11.6 Å². The maximum Gasteiger partial charge on any atom is 0.322 e. The van der Waals surface area contributed by atoms with Crippen molar-refractivity contribution in [3.8, 4) is 28.8 Å². The molecule has 4 rings (SSSR count). The molecular formula is C24H24FN5O2. The van der Waals surface area contributed by atoms with E-state index < -0.39 is 0 Å². The third-order valence-corrected chi connectivity index (χ3v) is 4.85. The van der Waals surface area contributed by atoms with Gasteiger partial charge < -0.3 is 14.8 Å². The molecule has 8 heteroatoms. The fourth-order valence-electron chi connectivity index (χ4n) is 3.14. The third kappa shape index (κ3) is 4.69. The highest BCUT2D eigenvalue weighted by Crippen LogP contribution is 2.28. The first-order valence-corrected chi connectivity index (χ1v) is 10.2. The average Bonchev–Trinajstić information content (AvgIpc) is 3.19. The van der Waals surface area contributed by atoms with Crippen LogP contribution in [0.25, 0.3) is 11.1 Å². The predicted molar refractivity (Wildman–Crippen MR) is 121 cm³/mol. The summed E-state index contributed by atoms with van der Waals surface area (Å²) >= 11 is 0. The Labute approximate surface area is 185 Å². The molecule has 0 aliphatic carbocycles. The second-order valence-electron chi connectivity index (χ2n) is 7.56. The highest BCUT2D eigenvalue weighted by atomic mass is 19.1. The van der Waals surface area contributed by atoms with Crippen LogP contribution in [-0.2, 0) is 0 Å². The number of aromatic nitrogens is 4. The number of nitrogens with one attached hydrogen (secondary N) is 1. The van der Waals surface area contributed by atoms with Crippen molar-refractivity contribution in [3.05, 3.63) is 72.2 Å². The fourth-order valence-corrected chi connectivity index (χ4v) is 3.14. The van der Waals surface area contributed by atoms with Gasteiger partial charge in [0.25, 0.3) is 0 Å². The summed E-state index contributed by atoms with van der Waals surface area (Å²) in [6, 6.07) is 16.4. The van der Waals surface area contributed by atoms with E-state index in [9.17, 15) is 4.39 Å². The van der Waals surface area contributed by atoms with Crippen LogP contribution in [0.3, 0.4) is 0 Å². The first-order chi connectivity index (χ1) is 15.4. The van der Waals surface area contributed by atoms with Crippen LogP contribution >= 0.6 is 0 Å². The second kappa shape index (κ2) is 9.05. The van der Waals surface area contributed by atoms with E-state index in [0.717, 1.165) is 16.8 Å². The molecule has 0 aliphatic rings. The van der Waals surface area contributed by atoms with Crippen molar-refractivity contribution in [2.75, 3.05) is 12.4 Å². The highest BCUT2D eigenvalue weighted by molar-refractivity contribution is 5.66. The fraction of sp³-hybridized carbons (Fsp3) is 0.208. The number of halogens is 1. The summed E-state index contributed by atoms with van der Waals surface area (Å²) in [6.07, 6.45) is 1.77. The van der Waals surface area contributed by atoms with Crippen LogP contribution in [-0.4, -0.2) is 26.9 Å². The lowest BCUT2D eigenvalue weighted by atomic mass is 10.1. The Morgan fingerprint density at radius 2 is 1.75 bits per heavy atom. The number of nitrogens with zero attached hydrogens (tertiary/aromatic N) is 4. The van der Waals surface area contributed by atoms with E-state index >= 15 is 0 Å². The van der Waals surface area contributed by atoms with Gasteiger partial charge in [0.1, 0.15) is 11.6 Å². The van der Waals surface area contributed by atoms with Gasteiger partial charge in [-0.1, -0.05) is 12.1 Å². The van der Waals surface area contributed by atoms with Gasteiger partial charge >= 0.3 is 6.01 Å². The molecule has 0 radical (unpaired) electrons. The van der Waals surface area contributed by atoms with Crippen LogP contribution in [0.5, 0.6) is 17.6 Å². The summed E-state index contributed by atoms with van der Waals surface area (Å²) in [6.45, 7) is 5.76. The molecule has 0 amide bonds. The number of rotatable bonds is 7. The van der Waals surface area contributed by atoms with Crippen LogP contribution in [0.4, 0.5) is 16.0 Å². The zero-order valence-electron chi connectivity index (χ0n) is 18.3. The van der Waals surface area contributed by atoms with Crippen molar-refractivity contribution in [2.24, 2.45) is 0 Å². The van der Waals surface area contributed by atoms with Crippen molar-refractivity contribution in [3.63, 3.8) is 0 Å². The Kier molecular flexibility index (Phi) is 6.02. The molecule has 2 aromatic carbocycles. The summed E-state index contributed by atoms with van der Waals surface area (Å²) < 4.78 is 26.1. The molecule has 0 spiro atoms. The monoisotopic (exact) mass is 433 g/mol. The number of benzene rings is 2. The van der Waals surface area contributed by atoms with E-state index in [2.05, 4.69) is 20.4 Å². The largest absolute Gasteiger partial charge is 0.481 e. The summed E-state index contributed by atoms with van der Waals surface area (Å²) in [4.78, 5) is 8.73.